The molecule has 1 N–H and O–H groups in total. The number of nitrogens with zero attached hydrogens (tertiary/aromatic N) is 2. The quantitative estimate of drug-likeness (QED) is 0.549. The first-order valence-electron chi connectivity index (χ1n) is 9.43. The number of carbonyl (C=O) groups excluding carboxylic acids is 3. The molecule has 2 fully saturated rings. The van der Waals surface area contributed by atoms with Gasteiger partial charge in [0, 0.05) is 6.54 Å². The van der Waals surface area contributed by atoms with Crippen LogP contribution >= 0.6 is 11.8 Å². The Hall–Kier alpha value is -2.12. The molecule has 0 atom stereocenters. The number of unbranched alkanes of at least 4 members (excludes halogenated alkanes) is 1. The van der Waals surface area contributed by atoms with Crippen molar-refractivity contribution in [3.63, 3.8) is 0 Å². The summed E-state index contributed by atoms with van der Waals surface area (Å²) < 4.78 is 0. The van der Waals surface area contributed by atoms with Crippen molar-refractivity contribution < 1.29 is 14.4 Å². The molecule has 0 aliphatic carbocycles. The minimum atomic E-state index is -0.405. The zero-order valence-corrected chi connectivity index (χ0v) is 16.2. The molecule has 3 rings (SSSR count). The number of carbonyl (C=O) groups is 3. The van der Waals surface area contributed by atoms with Crippen LogP contribution in [0.5, 0.6) is 0 Å². The largest absolute Gasteiger partial charge is 0.355 e. The summed E-state index contributed by atoms with van der Waals surface area (Å²) in [7, 11) is 0. The van der Waals surface area contributed by atoms with Crippen LogP contribution in [0.4, 0.5) is 4.79 Å². The Bertz CT molecular complexity index is 714. The van der Waals surface area contributed by atoms with Gasteiger partial charge < -0.3 is 10.2 Å². The highest BCUT2D eigenvalue weighted by Gasteiger charge is 2.36. The molecule has 7 heteroatoms. The van der Waals surface area contributed by atoms with Gasteiger partial charge in [-0.05, 0) is 68.7 Å². The van der Waals surface area contributed by atoms with Crippen LogP contribution in [-0.2, 0) is 9.59 Å². The average Bonchev–Trinajstić information content (AvgIpc) is 3.27. The van der Waals surface area contributed by atoms with E-state index in [2.05, 4.69) is 10.2 Å². The van der Waals surface area contributed by atoms with E-state index in [-0.39, 0.29) is 12.5 Å². The molecule has 0 bridgehead atoms. The van der Waals surface area contributed by atoms with Crippen molar-refractivity contribution in [2.75, 3.05) is 32.7 Å². The summed E-state index contributed by atoms with van der Waals surface area (Å²) in [6, 6.07) is 9.35. The fraction of sp³-hybridized carbons (Fsp3) is 0.450. The number of likely N-dealkylation sites (tertiary alicyclic amines) is 1. The van der Waals surface area contributed by atoms with E-state index in [0.29, 0.717) is 11.4 Å². The molecule has 0 radical (unpaired) electrons. The molecule has 0 saturated carbocycles. The fourth-order valence-corrected chi connectivity index (χ4v) is 4.07. The Morgan fingerprint density at radius 2 is 1.85 bits per heavy atom. The lowest BCUT2D eigenvalue weighted by atomic mass is 10.2. The van der Waals surface area contributed by atoms with E-state index in [9.17, 15) is 14.4 Å². The molecule has 2 heterocycles. The molecule has 6 nitrogen and oxygen atoms in total. The SMILES string of the molecule is O=C(CN1C(=O)S/C(=C/c2ccccc2)C1=O)NCCCCN1CCCC1. The normalized spacial score (nSPS) is 19.3. The van der Waals surface area contributed by atoms with Crippen molar-refractivity contribution in [3.05, 3.63) is 40.8 Å². The van der Waals surface area contributed by atoms with Gasteiger partial charge in [-0.2, -0.15) is 0 Å². The molecule has 1 aromatic carbocycles. The number of thioether (sulfide) groups is 1. The maximum atomic E-state index is 12.4. The molecule has 0 aromatic heterocycles. The summed E-state index contributed by atoms with van der Waals surface area (Å²) in [6.45, 7) is 3.79. The van der Waals surface area contributed by atoms with Gasteiger partial charge in [-0.15, -0.1) is 0 Å². The molecule has 0 unspecified atom stereocenters. The van der Waals surface area contributed by atoms with Crippen LogP contribution < -0.4 is 5.32 Å². The molecule has 2 aliphatic rings. The lowest BCUT2D eigenvalue weighted by Crippen LogP contribution is -2.39. The maximum Gasteiger partial charge on any atom is 0.294 e. The van der Waals surface area contributed by atoms with E-state index >= 15 is 0 Å². The highest BCUT2D eigenvalue weighted by atomic mass is 32.2. The second kappa shape index (κ2) is 9.71. The summed E-state index contributed by atoms with van der Waals surface area (Å²) in [5.41, 5.74) is 0.852. The first-order valence-corrected chi connectivity index (χ1v) is 10.2. The second-order valence-corrected chi connectivity index (χ2v) is 7.78. The lowest BCUT2D eigenvalue weighted by molar-refractivity contribution is -0.129. The molecule has 0 spiro atoms. The zero-order valence-electron chi connectivity index (χ0n) is 15.4. The zero-order chi connectivity index (χ0) is 19.1. The van der Waals surface area contributed by atoms with Crippen molar-refractivity contribution in [1.29, 1.82) is 0 Å². The van der Waals surface area contributed by atoms with Crippen LogP contribution in [0.1, 0.15) is 31.2 Å². The van der Waals surface area contributed by atoms with Crippen LogP contribution in [0.15, 0.2) is 35.2 Å². The molecular formula is C20H25N3O3S. The van der Waals surface area contributed by atoms with E-state index in [1.165, 1.54) is 25.9 Å². The molecule has 1 aromatic rings. The van der Waals surface area contributed by atoms with E-state index in [0.717, 1.165) is 41.6 Å². The summed E-state index contributed by atoms with van der Waals surface area (Å²) in [5, 5.41) is 2.41. The number of rotatable bonds is 8. The van der Waals surface area contributed by atoms with E-state index < -0.39 is 11.1 Å². The van der Waals surface area contributed by atoms with Gasteiger partial charge >= 0.3 is 0 Å². The lowest BCUT2D eigenvalue weighted by Gasteiger charge is -2.15. The average molecular weight is 388 g/mol. The number of nitrogens with one attached hydrogen (secondary N) is 1. The topological polar surface area (TPSA) is 69.7 Å². The predicted molar refractivity (Wildman–Crippen MR) is 107 cm³/mol. The maximum absolute atomic E-state index is 12.4. The van der Waals surface area contributed by atoms with Crippen LogP contribution in [0.25, 0.3) is 6.08 Å². The summed E-state index contributed by atoms with van der Waals surface area (Å²) in [6.07, 6.45) is 6.20. The number of hydrogen-bond acceptors (Lipinski definition) is 5. The third kappa shape index (κ3) is 5.68. The Kier molecular flexibility index (Phi) is 7.06. The van der Waals surface area contributed by atoms with Gasteiger partial charge in [-0.3, -0.25) is 19.3 Å². The first kappa shape index (κ1) is 19.6. The van der Waals surface area contributed by atoms with Gasteiger partial charge in [0.15, 0.2) is 0 Å². The first-order chi connectivity index (χ1) is 13.1. The van der Waals surface area contributed by atoms with Gasteiger partial charge in [0.05, 0.1) is 4.91 Å². The third-order valence-electron chi connectivity index (χ3n) is 4.69. The molecule has 2 aliphatic heterocycles. The number of benzene rings is 1. The van der Waals surface area contributed by atoms with E-state index in [1.54, 1.807) is 6.08 Å². The van der Waals surface area contributed by atoms with Crippen LogP contribution in [-0.4, -0.2) is 59.6 Å². The van der Waals surface area contributed by atoms with E-state index in [4.69, 9.17) is 0 Å². The van der Waals surface area contributed by atoms with Crippen molar-refractivity contribution in [2.45, 2.75) is 25.7 Å². The fourth-order valence-electron chi connectivity index (χ4n) is 3.23. The number of imide groups is 1. The van der Waals surface area contributed by atoms with Gasteiger partial charge in [0.1, 0.15) is 6.54 Å². The Morgan fingerprint density at radius 1 is 1.11 bits per heavy atom. The Labute approximate surface area is 164 Å². The van der Waals surface area contributed by atoms with Crippen molar-refractivity contribution in [1.82, 2.24) is 15.1 Å². The molecule has 2 saturated heterocycles. The third-order valence-corrected chi connectivity index (χ3v) is 5.60. The molecular weight excluding hydrogens is 362 g/mol. The molecule has 3 amide bonds. The number of amides is 3. The van der Waals surface area contributed by atoms with Crippen molar-refractivity contribution in [3.8, 4) is 0 Å². The standard InChI is InChI=1S/C20H25N3O3S/c24-18(21-10-4-5-11-22-12-6-7-13-22)15-23-19(25)17(27-20(23)26)14-16-8-2-1-3-9-16/h1-3,8-9,14H,4-7,10-13,15H2,(H,21,24)/b17-14+. The summed E-state index contributed by atoms with van der Waals surface area (Å²) >= 11 is 0.878. The van der Waals surface area contributed by atoms with Crippen molar-refractivity contribution >= 4 is 34.9 Å². The number of hydrogen-bond donors (Lipinski definition) is 1. The minimum absolute atomic E-state index is 0.219. The van der Waals surface area contributed by atoms with E-state index in [1.807, 2.05) is 30.3 Å². The van der Waals surface area contributed by atoms with Gasteiger partial charge in [0.25, 0.3) is 11.1 Å². The highest BCUT2D eigenvalue weighted by molar-refractivity contribution is 8.18. The minimum Gasteiger partial charge on any atom is -0.355 e. The van der Waals surface area contributed by atoms with Crippen molar-refractivity contribution in [2.24, 2.45) is 0 Å². The summed E-state index contributed by atoms with van der Waals surface area (Å²) in [4.78, 5) is 40.4. The van der Waals surface area contributed by atoms with Crippen LogP contribution in [0.2, 0.25) is 0 Å². The summed E-state index contributed by atoms with van der Waals surface area (Å²) in [5.74, 6) is -0.697. The van der Waals surface area contributed by atoms with Crippen LogP contribution in [0, 0.1) is 0 Å². The van der Waals surface area contributed by atoms with Gasteiger partial charge in [-0.25, -0.2) is 0 Å². The highest BCUT2D eigenvalue weighted by Crippen LogP contribution is 2.31. The molecule has 27 heavy (non-hydrogen) atoms. The van der Waals surface area contributed by atoms with Crippen LogP contribution in [0.3, 0.4) is 0 Å². The monoisotopic (exact) mass is 387 g/mol. The Balaban J connectivity index is 1.41. The van der Waals surface area contributed by atoms with Gasteiger partial charge in [0.2, 0.25) is 5.91 Å². The Morgan fingerprint density at radius 3 is 2.59 bits per heavy atom. The van der Waals surface area contributed by atoms with Gasteiger partial charge in [-0.1, -0.05) is 30.3 Å². The second-order valence-electron chi connectivity index (χ2n) is 6.78. The smallest absolute Gasteiger partial charge is 0.294 e. The predicted octanol–water partition coefficient (Wildman–Crippen LogP) is 2.72. The molecule has 144 valence electrons.